The number of carbonyl (C=O) groups excluding carboxylic acids is 1. The highest BCUT2D eigenvalue weighted by molar-refractivity contribution is 5.95. The first-order valence-electron chi connectivity index (χ1n) is 5.77. The van der Waals surface area contributed by atoms with E-state index >= 15 is 0 Å². The van der Waals surface area contributed by atoms with Gasteiger partial charge in [0.15, 0.2) is 5.82 Å². The van der Waals surface area contributed by atoms with E-state index in [-0.39, 0.29) is 17.3 Å². The van der Waals surface area contributed by atoms with Crippen molar-refractivity contribution >= 4 is 11.6 Å². The van der Waals surface area contributed by atoms with Crippen molar-refractivity contribution in [2.75, 3.05) is 12.3 Å². The molecule has 0 unspecified atom stereocenters. The lowest BCUT2D eigenvalue weighted by Gasteiger charge is -2.05. The van der Waals surface area contributed by atoms with Crippen molar-refractivity contribution in [3.63, 3.8) is 0 Å². The Hall–Kier alpha value is -2.57. The summed E-state index contributed by atoms with van der Waals surface area (Å²) in [6, 6.07) is 4.39. The third-order valence-corrected chi connectivity index (χ3v) is 2.57. The van der Waals surface area contributed by atoms with Crippen molar-refractivity contribution < 1.29 is 9.90 Å². The zero-order valence-corrected chi connectivity index (χ0v) is 10.5. The molecule has 0 spiro atoms. The molecule has 1 heterocycles. The highest BCUT2D eigenvalue weighted by Crippen LogP contribution is 2.20. The minimum absolute atomic E-state index is 0.0981. The van der Waals surface area contributed by atoms with Crippen molar-refractivity contribution in [3.05, 3.63) is 35.9 Å². The van der Waals surface area contributed by atoms with E-state index in [4.69, 9.17) is 5.73 Å². The lowest BCUT2D eigenvalue weighted by molar-refractivity contribution is 0.0953. The number of hydrogen-bond acceptors (Lipinski definition) is 5. The molecule has 0 aliphatic heterocycles. The van der Waals surface area contributed by atoms with Crippen LogP contribution in [0.25, 0.3) is 0 Å². The Kier molecular flexibility index (Phi) is 3.65. The maximum absolute atomic E-state index is 11.8. The number of aromatic nitrogens is 3. The Morgan fingerprint density at radius 3 is 2.95 bits per heavy atom. The van der Waals surface area contributed by atoms with E-state index in [9.17, 15) is 9.90 Å². The van der Waals surface area contributed by atoms with Crippen LogP contribution in [-0.2, 0) is 13.5 Å². The van der Waals surface area contributed by atoms with Crippen LogP contribution in [-0.4, -0.2) is 32.3 Å². The van der Waals surface area contributed by atoms with Gasteiger partial charge in [-0.3, -0.25) is 9.48 Å². The first-order valence-corrected chi connectivity index (χ1v) is 5.77. The van der Waals surface area contributed by atoms with Gasteiger partial charge in [0, 0.05) is 25.6 Å². The molecule has 0 saturated heterocycles. The summed E-state index contributed by atoms with van der Waals surface area (Å²) >= 11 is 0. The van der Waals surface area contributed by atoms with E-state index in [0.29, 0.717) is 24.4 Å². The summed E-state index contributed by atoms with van der Waals surface area (Å²) in [5, 5.41) is 16.3. The molecule has 0 radical (unpaired) electrons. The van der Waals surface area contributed by atoms with Crippen molar-refractivity contribution in [2.45, 2.75) is 6.42 Å². The van der Waals surface area contributed by atoms with Crippen LogP contribution >= 0.6 is 0 Å². The zero-order chi connectivity index (χ0) is 13.8. The first kappa shape index (κ1) is 12.9. The number of amides is 1. The number of nitrogens with two attached hydrogens (primary N) is 1. The molecule has 2 aromatic rings. The summed E-state index contributed by atoms with van der Waals surface area (Å²) in [5.41, 5.74) is 6.07. The van der Waals surface area contributed by atoms with Gasteiger partial charge in [0.25, 0.3) is 5.91 Å². The molecule has 0 aliphatic rings. The number of hydrogen-bond donors (Lipinski definition) is 3. The van der Waals surface area contributed by atoms with E-state index in [1.807, 2.05) is 0 Å². The van der Waals surface area contributed by atoms with Crippen LogP contribution < -0.4 is 11.1 Å². The Bertz CT molecular complexity index is 594. The number of phenols is 1. The van der Waals surface area contributed by atoms with Gasteiger partial charge < -0.3 is 16.2 Å². The average molecular weight is 261 g/mol. The molecular weight excluding hydrogens is 246 g/mol. The second-order valence-corrected chi connectivity index (χ2v) is 4.11. The van der Waals surface area contributed by atoms with Crippen LogP contribution in [0, 0.1) is 0 Å². The topological polar surface area (TPSA) is 106 Å². The minimum atomic E-state index is -0.272. The molecule has 2 rings (SSSR count). The Morgan fingerprint density at radius 2 is 2.32 bits per heavy atom. The quantitative estimate of drug-likeness (QED) is 0.533. The summed E-state index contributed by atoms with van der Waals surface area (Å²) in [5.74, 6) is 0.299. The van der Waals surface area contributed by atoms with Crippen molar-refractivity contribution in [1.29, 1.82) is 0 Å². The molecule has 0 aliphatic carbocycles. The molecule has 0 bridgehead atoms. The summed E-state index contributed by atoms with van der Waals surface area (Å²) in [6.45, 7) is 0.425. The third-order valence-electron chi connectivity index (χ3n) is 2.57. The predicted octanol–water partition coefficient (Wildman–Crippen LogP) is 0.0754. The van der Waals surface area contributed by atoms with Crippen LogP contribution in [0.3, 0.4) is 0 Å². The number of anilines is 1. The van der Waals surface area contributed by atoms with E-state index in [1.165, 1.54) is 12.1 Å². The number of rotatable bonds is 4. The van der Waals surface area contributed by atoms with E-state index < -0.39 is 0 Å². The number of phenolic OH excluding ortho intramolecular Hbond substituents is 1. The van der Waals surface area contributed by atoms with Crippen LogP contribution in [0.5, 0.6) is 5.75 Å². The number of aromatic hydroxyl groups is 1. The lowest BCUT2D eigenvalue weighted by atomic mass is 10.2. The number of nitrogens with one attached hydrogen (secondary N) is 1. The second-order valence-electron chi connectivity index (χ2n) is 4.11. The molecule has 0 saturated carbocycles. The van der Waals surface area contributed by atoms with Crippen LogP contribution in [0.2, 0.25) is 0 Å². The molecule has 0 fully saturated rings. The predicted molar refractivity (Wildman–Crippen MR) is 69.6 cm³/mol. The minimum Gasteiger partial charge on any atom is -0.506 e. The second kappa shape index (κ2) is 5.38. The fraction of sp³-hybridized carbons (Fsp3) is 0.250. The average Bonchev–Trinajstić information content (AvgIpc) is 2.78. The molecule has 1 aromatic heterocycles. The van der Waals surface area contributed by atoms with Gasteiger partial charge in [-0.05, 0) is 18.2 Å². The van der Waals surface area contributed by atoms with Crippen LogP contribution in [0.4, 0.5) is 5.69 Å². The summed E-state index contributed by atoms with van der Waals surface area (Å²) in [6.07, 6.45) is 2.16. The highest BCUT2D eigenvalue weighted by Gasteiger charge is 2.08. The van der Waals surface area contributed by atoms with Crippen molar-refractivity contribution in [2.24, 2.45) is 7.05 Å². The Labute approximate surface area is 110 Å². The fourth-order valence-corrected chi connectivity index (χ4v) is 1.57. The molecule has 100 valence electrons. The Balaban J connectivity index is 1.89. The monoisotopic (exact) mass is 261 g/mol. The van der Waals surface area contributed by atoms with Gasteiger partial charge in [-0.25, -0.2) is 4.98 Å². The zero-order valence-electron chi connectivity index (χ0n) is 10.5. The van der Waals surface area contributed by atoms with Crippen LogP contribution in [0.1, 0.15) is 16.2 Å². The lowest BCUT2D eigenvalue weighted by Crippen LogP contribution is -2.26. The van der Waals surface area contributed by atoms with Gasteiger partial charge >= 0.3 is 0 Å². The largest absolute Gasteiger partial charge is 0.506 e. The van der Waals surface area contributed by atoms with E-state index in [1.54, 1.807) is 24.1 Å². The maximum Gasteiger partial charge on any atom is 0.251 e. The smallest absolute Gasteiger partial charge is 0.251 e. The summed E-state index contributed by atoms with van der Waals surface area (Å²) in [7, 11) is 1.78. The van der Waals surface area contributed by atoms with E-state index in [0.717, 1.165) is 0 Å². The van der Waals surface area contributed by atoms with Gasteiger partial charge in [-0.1, -0.05) is 0 Å². The fourth-order valence-electron chi connectivity index (χ4n) is 1.57. The third kappa shape index (κ3) is 3.21. The number of aryl methyl sites for hydroxylation is 1. The molecule has 19 heavy (non-hydrogen) atoms. The van der Waals surface area contributed by atoms with Gasteiger partial charge in [0.2, 0.25) is 0 Å². The highest BCUT2D eigenvalue weighted by atomic mass is 16.3. The molecule has 7 heteroatoms. The Morgan fingerprint density at radius 1 is 1.53 bits per heavy atom. The van der Waals surface area contributed by atoms with Gasteiger partial charge in [0.05, 0.1) is 5.69 Å². The number of carbonyl (C=O) groups is 1. The number of nitrogen functional groups attached to an aromatic ring is 1. The van der Waals surface area contributed by atoms with Gasteiger partial charge in [-0.2, -0.15) is 5.10 Å². The summed E-state index contributed by atoms with van der Waals surface area (Å²) in [4.78, 5) is 15.8. The van der Waals surface area contributed by atoms with Crippen molar-refractivity contribution in [1.82, 2.24) is 20.1 Å². The SMILES string of the molecule is Cn1cnc(CCNC(=O)c2ccc(N)c(O)c2)n1. The maximum atomic E-state index is 11.8. The molecular formula is C12H15N5O2. The molecule has 1 aromatic carbocycles. The summed E-state index contributed by atoms with van der Waals surface area (Å²) < 4.78 is 1.61. The number of nitrogens with zero attached hydrogens (tertiary/aromatic N) is 3. The molecule has 4 N–H and O–H groups in total. The van der Waals surface area contributed by atoms with Gasteiger partial charge in [-0.15, -0.1) is 0 Å². The molecule has 7 nitrogen and oxygen atoms in total. The number of benzene rings is 1. The standard InChI is InChI=1S/C12H15N5O2/c1-17-7-15-11(16-17)4-5-14-12(19)8-2-3-9(13)10(18)6-8/h2-3,6-7,18H,4-5,13H2,1H3,(H,14,19). The normalized spacial score (nSPS) is 10.4. The first-order chi connectivity index (χ1) is 9.06. The molecule has 1 amide bonds. The van der Waals surface area contributed by atoms with Gasteiger partial charge in [0.1, 0.15) is 12.1 Å². The van der Waals surface area contributed by atoms with Crippen molar-refractivity contribution in [3.8, 4) is 5.75 Å². The molecule has 0 atom stereocenters. The van der Waals surface area contributed by atoms with Crippen LogP contribution in [0.15, 0.2) is 24.5 Å². The van der Waals surface area contributed by atoms with E-state index in [2.05, 4.69) is 15.4 Å².